The molecule has 2 atom stereocenters. The summed E-state index contributed by atoms with van der Waals surface area (Å²) in [5, 5.41) is 0. The molecule has 0 spiro atoms. The van der Waals surface area contributed by atoms with Crippen molar-refractivity contribution in [2.45, 2.75) is 25.1 Å². The summed E-state index contributed by atoms with van der Waals surface area (Å²) in [5.74, 6) is 0.686. The number of aromatic nitrogens is 2. The molecule has 4 heteroatoms. The molecule has 0 N–H and O–H groups in total. The van der Waals surface area contributed by atoms with E-state index in [1.807, 2.05) is 14.1 Å². The van der Waals surface area contributed by atoms with Crippen LogP contribution >= 0.6 is 15.9 Å². The molecule has 0 radical (unpaired) electrons. The number of fused-ring (bicyclic) bond motifs is 1. The molecule has 0 saturated heterocycles. The van der Waals surface area contributed by atoms with Gasteiger partial charge in [0.05, 0.1) is 11.0 Å². The summed E-state index contributed by atoms with van der Waals surface area (Å²) in [4.78, 5) is 12.3. The van der Waals surface area contributed by atoms with Gasteiger partial charge in [-0.2, -0.15) is 0 Å². The second-order valence-electron chi connectivity index (χ2n) is 6.35. The van der Waals surface area contributed by atoms with E-state index in [2.05, 4.69) is 48.0 Å². The fourth-order valence-corrected chi connectivity index (χ4v) is 4.12. The van der Waals surface area contributed by atoms with Crippen molar-refractivity contribution in [3.63, 3.8) is 0 Å². The minimum absolute atomic E-state index is 0.0324. The van der Waals surface area contributed by atoms with Crippen LogP contribution in [0.4, 0.5) is 0 Å². The van der Waals surface area contributed by atoms with E-state index < -0.39 is 0 Å². The van der Waals surface area contributed by atoms with Crippen molar-refractivity contribution in [3.8, 4) is 0 Å². The molecule has 2 unspecified atom stereocenters. The zero-order chi connectivity index (χ0) is 13.9. The third-order valence-corrected chi connectivity index (χ3v) is 5.72. The van der Waals surface area contributed by atoms with Gasteiger partial charge in [-0.25, -0.2) is 4.79 Å². The molecule has 1 fully saturated rings. The summed E-state index contributed by atoms with van der Waals surface area (Å²) in [6.45, 7) is 4.62. The molecule has 3 nitrogen and oxygen atoms in total. The van der Waals surface area contributed by atoms with E-state index >= 15 is 0 Å². The van der Waals surface area contributed by atoms with Gasteiger partial charge in [-0.1, -0.05) is 35.8 Å². The average molecular weight is 323 g/mol. The van der Waals surface area contributed by atoms with Crippen LogP contribution in [0.15, 0.2) is 23.0 Å². The molecular weight excluding hydrogens is 304 g/mol. The number of aryl methyl sites for hydroxylation is 2. The average Bonchev–Trinajstić information content (AvgIpc) is 2.97. The van der Waals surface area contributed by atoms with E-state index in [-0.39, 0.29) is 5.69 Å². The normalized spacial score (nSPS) is 22.7. The van der Waals surface area contributed by atoms with Crippen LogP contribution in [0.3, 0.4) is 0 Å². The Balaban J connectivity index is 2.07. The minimum Gasteiger partial charge on any atom is -0.295 e. The Morgan fingerprint density at radius 2 is 1.84 bits per heavy atom. The highest BCUT2D eigenvalue weighted by molar-refractivity contribution is 9.09. The lowest BCUT2D eigenvalue weighted by molar-refractivity contribution is 0.555. The van der Waals surface area contributed by atoms with Gasteiger partial charge >= 0.3 is 5.69 Å². The number of rotatable bonds is 2. The summed E-state index contributed by atoms with van der Waals surface area (Å²) in [6, 6.07) is 6.33. The first-order valence-electron chi connectivity index (χ1n) is 6.62. The third kappa shape index (κ3) is 1.88. The number of benzene rings is 1. The Bertz CT molecular complexity index is 711. The van der Waals surface area contributed by atoms with Gasteiger partial charge in [0, 0.05) is 18.9 Å². The highest BCUT2D eigenvalue weighted by atomic mass is 79.9. The smallest absolute Gasteiger partial charge is 0.295 e. The van der Waals surface area contributed by atoms with Crippen molar-refractivity contribution in [1.29, 1.82) is 0 Å². The predicted octanol–water partition coefficient (Wildman–Crippen LogP) is 3.36. The highest BCUT2D eigenvalue weighted by Gasteiger charge is 2.49. The van der Waals surface area contributed by atoms with E-state index in [0.717, 1.165) is 11.0 Å². The standard InChI is InChI=1S/C15H19BrN2O/c1-15(2)8-10(15)13(16)9-5-6-11-12(7-9)18(4)14(19)17(11)3/h5-7,10,13H,8H2,1-4H3. The van der Waals surface area contributed by atoms with E-state index in [1.165, 1.54) is 12.0 Å². The summed E-state index contributed by atoms with van der Waals surface area (Å²) < 4.78 is 3.42. The lowest BCUT2D eigenvalue weighted by Crippen LogP contribution is -2.19. The monoisotopic (exact) mass is 322 g/mol. The van der Waals surface area contributed by atoms with Gasteiger partial charge in [0.2, 0.25) is 0 Å². The van der Waals surface area contributed by atoms with E-state index in [0.29, 0.717) is 16.2 Å². The molecule has 2 aromatic rings. The third-order valence-electron chi connectivity index (χ3n) is 4.56. The molecule has 1 aromatic heterocycles. The molecule has 1 aromatic carbocycles. The topological polar surface area (TPSA) is 26.9 Å². The van der Waals surface area contributed by atoms with Crippen molar-refractivity contribution < 1.29 is 0 Å². The van der Waals surface area contributed by atoms with Crippen molar-refractivity contribution in [1.82, 2.24) is 9.13 Å². The van der Waals surface area contributed by atoms with Gasteiger partial charge in [-0.15, -0.1) is 0 Å². The van der Waals surface area contributed by atoms with Gasteiger partial charge in [-0.05, 0) is 35.4 Å². The molecule has 3 rings (SSSR count). The van der Waals surface area contributed by atoms with Gasteiger partial charge < -0.3 is 0 Å². The van der Waals surface area contributed by atoms with Gasteiger partial charge in [0.1, 0.15) is 0 Å². The van der Waals surface area contributed by atoms with Crippen LogP contribution < -0.4 is 5.69 Å². The maximum atomic E-state index is 11.9. The van der Waals surface area contributed by atoms with E-state index in [4.69, 9.17) is 0 Å². The Labute approximate surface area is 121 Å². The lowest BCUT2D eigenvalue weighted by atomic mass is 10.0. The fraction of sp³-hybridized carbons (Fsp3) is 0.533. The molecule has 0 bridgehead atoms. The summed E-state index contributed by atoms with van der Waals surface area (Å²) >= 11 is 3.83. The van der Waals surface area contributed by atoms with Crippen LogP contribution in [-0.2, 0) is 14.1 Å². The molecule has 0 aliphatic heterocycles. The van der Waals surface area contributed by atoms with Crippen molar-refractivity contribution >= 4 is 27.0 Å². The Morgan fingerprint density at radius 1 is 1.26 bits per heavy atom. The van der Waals surface area contributed by atoms with Crippen LogP contribution in [0, 0.1) is 11.3 Å². The highest BCUT2D eigenvalue weighted by Crippen LogP contribution is 2.60. The molecule has 1 aliphatic rings. The van der Waals surface area contributed by atoms with Gasteiger partial charge in [-0.3, -0.25) is 9.13 Å². The van der Waals surface area contributed by atoms with E-state index in [9.17, 15) is 4.79 Å². The van der Waals surface area contributed by atoms with Gasteiger partial charge in [0.15, 0.2) is 0 Å². The van der Waals surface area contributed by atoms with Crippen LogP contribution in [-0.4, -0.2) is 9.13 Å². The summed E-state index contributed by atoms with van der Waals surface area (Å²) in [6.07, 6.45) is 1.26. The van der Waals surface area contributed by atoms with Crippen LogP contribution in [0.1, 0.15) is 30.7 Å². The maximum Gasteiger partial charge on any atom is 0.328 e. The Hall–Kier alpha value is -1.03. The number of nitrogens with zero attached hydrogens (tertiary/aromatic N) is 2. The molecule has 102 valence electrons. The first-order valence-corrected chi connectivity index (χ1v) is 7.54. The molecule has 1 heterocycles. The summed E-state index contributed by atoms with van der Waals surface area (Å²) in [5.41, 5.74) is 3.74. The zero-order valence-electron chi connectivity index (χ0n) is 11.8. The maximum absolute atomic E-state index is 11.9. The van der Waals surface area contributed by atoms with E-state index in [1.54, 1.807) is 9.13 Å². The lowest BCUT2D eigenvalue weighted by Gasteiger charge is -2.12. The van der Waals surface area contributed by atoms with Crippen LogP contribution in [0.2, 0.25) is 0 Å². The van der Waals surface area contributed by atoms with Crippen molar-refractivity contribution in [2.24, 2.45) is 25.4 Å². The Kier molecular flexibility index (Phi) is 2.72. The second-order valence-corrected chi connectivity index (χ2v) is 7.34. The zero-order valence-corrected chi connectivity index (χ0v) is 13.4. The number of alkyl halides is 1. The summed E-state index contributed by atoms with van der Waals surface area (Å²) in [7, 11) is 3.65. The van der Waals surface area contributed by atoms with Gasteiger partial charge in [0.25, 0.3) is 0 Å². The van der Waals surface area contributed by atoms with Crippen LogP contribution in [0.5, 0.6) is 0 Å². The SMILES string of the molecule is Cn1c(=O)n(C)c2cc(C(Br)C3CC3(C)C)ccc21. The minimum atomic E-state index is 0.0324. The number of halogens is 1. The number of hydrogen-bond donors (Lipinski definition) is 0. The molecule has 0 amide bonds. The first kappa shape index (κ1) is 13.0. The largest absolute Gasteiger partial charge is 0.328 e. The quantitative estimate of drug-likeness (QED) is 0.779. The second kappa shape index (κ2) is 3.98. The van der Waals surface area contributed by atoms with Crippen LogP contribution in [0.25, 0.3) is 11.0 Å². The molecule has 1 saturated carbocycles. The molecule has 19 heavy (non-hydrogen) atoms. The van der Waals surface area contributed by atoms with Crippen molar-refractivity contribution in [3.05, 3.63) is 34.2 Å². The van der Waals surface area contributed by atoms with Crippen molar-refractivity contribution in [2.75, 3.05) is 0 Å². The first-order chi connectivity index (χ1) is 8.83. The fourth-order valence-electron chi connectivity index (χ4n) is 2.94. The number of hydrogen-bond acceptors (Lipinski definition) is 1. The molecule has 1 aliphatic carbocycles. The molecular formula is C15H19BrN2O. The predicted molar refractivity (Wildman–Crippen MR) is 81.7 cm³/mol. The Morgan fingerprint density at radius 3 is 2.42 bits per heavy atom. The number of imidazole rings is 1.